The first-order valence-electron chi connectivity index (χ1n) is 13.6. The molecule has 0 radical (unpaired) electrons. The fourth-order valence-corrected chi connectivity index (χ4v) is 5.35. The van der Waals surface area contributed by atoms with Gasteiger partial charge in [0.1, 0.15) is 35.9 Å². The minimum atomic E-state index is -1.60. The maximum atomic E-state index is 13.5. The molecule has 8 N–H and O–H groups in total. The Morgan fingerprint density at radius 3 is 1.78 bits per heavy atom. The van der Waals surface area contributed by atoms with Crippen LogP contribution in [-0.4, -0.2) is 85.9 Å². The summed E-state index contributed by atoms with van der Waals surface area (Å²) < 4.78 is 11.5. The average Bonchev–Trinajstić information content (AvgIpc) is 2.97. The number of phenols is 2. The van der Waals surface area contributed by atoms with Gasteiger partial charge in [-0.2, -0.15) is 0 Å². The van der Waals surface area contributed by atoms with Crippen LogP contribution in [-0.2, 0) is 32.2 Å². The first-order chi connectivity index (χ1) is 19.6. The molecule has 2 aliphatic rings. The number of benzene rings is 2. The standard InChI is InChI=1S/C29H38N2O10/c1-15-10-20(27(38)30-12-16-2-6-18(33)7-3-16)21(28(39)31-13-17-4-8-19(34)9-5-17)11-22(15)40-29-26(37)25(36)24(35)23(14-32)41-29/h2-9,15,20-26,29,32-37H,10-14H2,1H3,(H,30,38)(H,31,39)/t15?,20?,21-,22+,23?,24?,25?,26?,29?/m0/s1. The van der Waals surface area contributed by atoms with E-state index in [-0.39, 0.29) is 55.2 Å². The smallest absolute Gasteiger partial charge is 0.224 e. The zero-order chi connectivity index (χ0) is 29.7. The third kappa shape index (κ3) is 7.53. The molecule has 224 valence electrons. The Hall–Kier alpha value is -3.26. The predicted molar refractivity (Wildman–Crippen MR) is 144 cm³/mol. The second kappa shape index (κ2) is 13.6. The summed E-state index contributed by atoms with van der Waals surface area (Å²) in [6, 6.07) is 12.8. The number of nitrogens with one attached hydrogen (secondary N) is 2. The summed E-state index contributed by atoms with van der Waals surface area (Å²) in [5, 5.41) is 65.0. The molecule has 2 amide bonds. The van der Waals surface area contributed by atoms with E-state index in [4.69, 9.17) is 9.47 Å². The summed E-state index contributed by atoms with van der Waals surface area (Å²) in [4.78, 5) is 26.8. The predicted octanol–water partition coefficient (Wildman–Crippen LogP) is -0.122. The number of hydrogen-bond donors (Lipinski definition) is 8. The number of aromatic hydroxyl groups is 2. The molecular formula is C29H38N2O10. The van der Waals surface area contributed by atoms with Crippen molar-refractivity contribution in [2.75, 3.05) is 6.61 Å². The van der Waals surface area contributed by atoms with Gasteiger partial charge in [-0.1, -0.05) is 31.2 Å². The molecule has 12 nitrogen and oxygen atoms in total. The molecule has 41 heavy (non-hydrogen) atoms. The van der Waals surface area contributed by atoms with Gasteiger partial charge >= 0.3 is 0 Å². The van der Waals surface area contributed by atoms with Crippen molar-refractivity contribution < 1.29 is 49.7 Å². The second-order valence-corrected chi connectivity index (χ2v) is 10.8. The van der Waals surface area contributed by atoms with Crippen LogP contribution in [0.3, 0.4) is 0 Å². The van der Waals surface area contributed by atoms with Crippen molar-refractivity contribution in [3.05, 3.63) is 59.7 Å². The number of rotatable bonds is 9. The first kappa shape index (κ1) is 30.7. The van der Waals surface area contributed by atoms with E-state index >= 15 is 0 Å². The van der Waals surface area contributed by atoms with Crippen LogP contribution in [0, 0.1) is 17.8 Å². The fourth-order valence-electron chi connectivity index (χ4n) is 5.35. The van der Waals surface area contributed by atoms with Crippen molar-refractivity contribution in [3.63, 3.8) is 0 Å². The number of aliphatic hydroxyl groups excluding tert-OH is 4. The summed E-state index contributed by atoms with van der Waals surface area (Å²) in [5.41, 5.74) is 1.53. The number of hydrogen-bond acceptors (Lipinski definition) is 10. The number of amides is 2. The highest BCUT2D eigenvalue weighted by Crippen LogP contribution is 2.38. The maximum Gasteiger partial charge on any atom is 0.224 e. The van der Waals surface area contributed by atoms with E-state index in [2.05, 4.69) is 10.6 Å². The van der Waals surface area contributed by atoms with Crippen LogP contribution in [0.4, 0.5) is 0 Å². The summed E-state index contributed by atoms with van der Waals surface area (Å²) in [6.07, 6.45) is -7.49. The van der Waals surface area contributed by atoms with Gasteiger partial charge in [-0.05, 0) is 54.2 Å². The van der Waals surface area contributed by atoms with Crippen LogP contribution >= 0.6 is 0 Å². The van der Waals surface area contributed by atoms with Gasteiger partial charge in [0.05, 0.1) is 18.6 Å². The third-order valence-electron chi connectivity index (χ3n) is 7.87. The highest BCUT2D eigenvalue weighted by atomic mass is 16.7. The van der Waals surface area contributed by atoms with E-state index in [0.29, 0.717) is 0 Å². The van der Waals surface area contributed by atoms with Crippen molar-refractivity contribution in [1.29, 1.82) is 0 Å². The maximum absolute atomic E-state index is 13.5. The number of carbonyl (C=O) groups excluding carboxylic acids is 2. The molecule has 0 bridgehead atoms. The fraction of sp³-hybridized carbons (Fsp3) is 0.517. The quantitative estimate of drug-likeness (QED) is 0.200. The van der Waals surface area contributed by atoms with Crippen LogP contribution in [0.25, 0.3) is 0 Å². The van der Waals surface area contributed by atoms with Crippen molar-refractivity contribution in [2.24, 2.45) is 17.8 Å². The van der Waals surface area contributed by atoms with Gasteiger partial charge < -0.3 is 50.7 Å². The van der Waals surface area contributed by atoms with E-state index in [0.717, 1.165) is 11.1 Å². The van der Waals surface area contributed by atoms with E-state index in [1.807, 2.05) is 6.92 Å². The molecule has 1 aliphatic carbocycles. The highest BCUT2D eigenvalue weighted by Gasteiger charge is 2.48. The first-order valence-corrected chi connectivity index (χ1v) is 13.6. The van der Waals surface area contributed by atoms with Gasteiger partial charge in [0.25, 0.3) is 0 Å². The minimum Gasteiger partial charge on any atom is -0.508 e. The van der Waals surface area contributed by atoms with Gasteiger partial charge in [0.2, 0.25) is 11.8 Å². The largest absolute Gasteiger partial charge is 0.508 e. The summed E-state index contributed by atoms with van der Waals surface area (Å²) in [5.74, 6) is -2.25. The van der Waals surface area contributed by atoms with Crippen molar-refractivity contribution in [2.45, 2.75) is 69.7 Å². The Morgan fingerprint density at radius 2 is 1.29 bits per heavy atom. The van der Waals surface area contributed by atoms with Gasteiger partial charge in [-0.25, -0.2) is 0 Å². The lowest BCUT2D eigenvalue weighted by molar-refractivity contribution is -0.317. The molecule has 12 heteroatoms. The topological polar surface area (TPSA) is 198 Å². The lowest BCUT2D eigenvalue weighted by Gasteiger charge is -2.44. The lowest BCUT2D eigenvalue weighted by Crippen LogP contribution is -2.60. The summed E-state index contributed by atoms with van der Waals surface area (Å²) in [6.45, 7) is 1.62. The Balaban J connectivity index is 1.48. The molecule has 1 heterocycles. The molecule has 0 spiro atoms. The number of ether oxygens (including phenoxy) is 2. The molecular weight excluding hydrogens is 536 g/mol. The van der Waals surface area contributed by atoms with Crippen molar-refractivity contribution in [3.8, 4) is 11.5 Å². The molecule has 7 unspecified atom stereocenters. The SMILES string of the molecule is CC1CC(C(=O)NCc2ccc(O)cc2)[C@@H](C(=O)NCc2ccc(O)cc2)C[C@H]1OC1OC(CO)C(O)C(O)C1O. The Bertz CT molecular complexity index is 1160. The van der Waals surface area contributed by atoms with Crippen molar-refractivity contribution >= 4 is 11.8 Å². The van der Waals surface area contributed by atoms with Crippen LogP contribution in [0.5, 0.6) is 11.5 Å². The Labute approximate surface area is 237 Å². The highest BCUT2D eigenvalue weighted by molar-refractivity contribution is 5.88. The monoisotopic (exact) mass is 574 g/mol. The number of aliphatic hydroxyl groups is 4. The lowest BCUT2D eigenvalue weighted by atomic mass is 9.72. The zero-order valence-electron chi connectivity index (χ0n) is 22.7. The van der Waals surface area contributed by atoms with Gasteiger partial charge in [-0.3, -0.25) is 9.59 Å². The molecule has 9 atom stereocenters. The number of phenolic OH excluding ortho intramolecular Hbond substituents is 2. The van der Waals surface area contributed by atoms with Crippen LogP contribution in [0.2, 0.25) is 0 Å². The van der Waals surface area contributed by atoms with Gasteiger partial charge in [0, 0.05) is 19.0 Å². The molecule has 2 aromatic rings. The minimum absolute atomic E-state index is 0.0971. The molecule has 2 fully saturated rings. The average molecular weight is 575 g/mol. The molecule has 1 saturated carbocycles. The Kier molecular flexibility index (Phi) is 10.2. The summed E-state index contributed by atoms with van der Waals surface area (Å²) in [7, 11) is 0. The van der Waals surface area contributed by atoms with Crippen molar-refractivity contribution in [1.82, 2.24) is 10.6 Å². The molecule has 2 aromatic carbocycles. The Morgan fingerprint density at radius 1 is 0.805 bits per heavy atom. The van der Waals surface area contributed by atoms with E-state index in [9.17, 15) is 40.2 Å². The second-order valence-electron chi connectivity index (χ2n) is 10.8. The molecule has 0 aromatic heterocycles. The van der Waals surface area contributed by atoms with E-state index in [1.54, 1.807) is 24.3 Å². The summed E-state index contributed by atoms with van der Waals surface area (Å²) >= 11 is 0. The van der Waals surface area contributed by atoms with Crippen LogP contribution < -0.4 is 10.6 Å². The third-order valence-corrected chi connectivity index (χ3v) is 7.87. The van der Waals surface area contributed by atoms with Gasteiger partial charge in [-0.15, -0.1) is 0 Å². The number of carbonyl (C=O) groups is 2. The van der Waals surface area contributed by atoms with Crippen LogP contribution in [0.1, 0.15) is 30.9 Å². The van der Waals surface area contributed by atoms with Crippen LogP contribution in [0.15, 0.2) is 48.5 Å². The zero-order valence-corrected chi connectivity index (χ0v) is 22.7. The van der Waals surface area contributed by atoms with Gasteiger partial charge in [0.15, 0.2) is 6.29 Å². The van der Waals surface area contributed by atoms with E-state index < -0.39 is 55.3 Å². The molecule has 1 saturated heterocycles. The normalized spacial score (nSPS) is 31.8. The molecule has 1 aliphatic heterocycles. The molecule has 4 rings (SSSR count). The van der Waals surface area contributed by atoms with E-state index in [1.165, 1.54) is 24.3 Å².